The molecule has 3 nitrogen and oxygen atoms in total. The third kappa shape index (κ3) is 4.52. The predicted molar refractivity (Wildman–Crippen MR) is 131 cm³/mol. The highest BCUT2D eigenvalue weighted by Crippen LogP contribution is 2.33. The smallest absolute Gasteiger partial charge is 0.138 e. The van der Waals surface area contributed by atoms with E-state index in [2.05, 4.69) is 74.2 Å². The number of hydrogen-bond acceptors (Lipinski definition) is 2. The Bertz CT molecular complexity index is 1140. The molecule has 4 heteroatoms. The van der Waals surface area contributed by atoms with Gasteiger partial charge < -0.3 is 4.90 Å². The van der Waals surface area contributed by atoms with E-state index in [9.17, 15) is 0 Å². The fourth-order valence-electron chi connectivity index (χ4n) is 3.69. The van der Waals surface area contributed by atoms with Crippen LogP contribution in [0.25, 0.3) is 5.69 Å². The highest BCUT2D eigenvalue weighted by molar-refractivity contribution is 6.30. The van der Waals surface area contributed by atoms with Gasteiger partial charge in [0.1, 0.15) is 5.15 Å². The summed E-state index contributed by atoms with van der Waals surface area (Å²) >= 11 is 6.84. The van der Waals surface area contributed by atoms with E-state index in [0.29, 0.717) is 11.7 Å². The molecule has 1 heterocycles. The van der Waals surface area contributed by atoms with E-state index < -0.39 is 0 Å². The highest BCUT2D eigenvalue weighted by atomic mass is 35.5. The van der Waals surface area contributed by atoms with Crippen molar-refractivity contribution in [3.63, 3.8) is 0 Å². The quantitative estimate of drug-likeness (QED) is 0.328. The summed E-state index contributed by atoms with van der Waals surface area (Å²) < 4.78 is 1.82. The average Bonchev–Trinajstić information content (AvgIpc) is 3.06. The molecule has 0 bridgehead atoms. The van der Waals surface area contributed by atoms with Gasteiger partial charge in [0, 0.05) is 16.9 Å². The summed E-state index contributed by atoms with van der Waals surface area (Å²) in [5, 5.41) is 5.37. The van der Waals surface area contributed by atoms with Crippen LogP contribution in [-0.4, -0.2) is 9.78 Å². The van der Waals surface area contributed by atoms with E-state index in [-0.39, 0.29) is 5.41 Å². The van der Waals surface area contributed by atoms with Crippen molar-refractivity contribution in [1.82, 2.24) is 9.78 Å². The van der Waals surface area contributed by atoms with Gasteiger partial charge in [0.2, 0.25) is 0 Å². The number of anilines is 2. The molecule has 0 radical (unpaired) electrons. The summed E-state index contributed by atoms with van der Waals surface area (Å²) in [6, 6.07) is 29.3. The van der Waals surface area contributed by atoms with Crippen LogP contribution in [-0.2, 0) is 12.0 Å². The zero-order valence-corrected chi connectivity index (χ0v) is 19.3. The van der Waals surface area contributed by atoms with Crippen molar-refractivity contribution in [2.45, 2.75) is 39.7 Å². The van der Waals surface area contributed by atoms with E-state index >= 15 is 0 Å². The predicted octanol–water partition coefficient (Wildman–Crippen LogP) is 7.47. The first-order valence-electron chi connectivity index (χ1n) is 10.6. The summed E-state index contributed by atoms with van der Waals surface area (Å²) in [5.41, 5.74) is 6.59. The van der Waals surface area contributed by atoms with Crippen molar-refractivity contribution >= 4 is 23.0 Å². The first-order valence-corrected chi connectivity index (χ1v) is 10.9. The fraction of sp³-hybridized carbons (Fsp3) is 0.222. The van der Waals surface area contributed by atoms with Gasteiger partial charge in [-0.2, -0.15) is 5.10 Å². The minimum atomic E-state index is 0.118. The van der Waals surface area contributed by atoms with Crippen LogP contribution in [0, 0.1) is 6.92 Å². The van der Waals surface area contributed by atoms with Crippen molar-refractivity contribution in [3.8, 4) is 5.69 Å². The number of aromatic nitrogens is 2. The van der Waals surface area contributed by atoms with E-state index in [1.54, 1.807) is 0 Å². The van der Waals surface area contributed by atoms with Gasteiger partial charge in [-0.1, -0.05) is 80.9 Å². The summed E-state index contributed by atoms with van der Waals surface area (Å²) in [6.45, 7) is 9.36. The Morgan fingerprint density at radius 2 is 1.35 bits per heavy atom. The van der Waals surface area contributed by atoms with Crippen LogP contribution in [0.15, 0.2) is 84.9 Å². The van der Waals surface area contributed by atoms with Crippen LogP contribution >= 0.6 is 11.6 Å². The monoisotopic (exact) mass is 429 g/mol. The normalized spacial score (nSPS) is 11.5. The van der Waals surface area contributed by atoms with Gasteiger partial charge in [-0.05, 0) is 54.3 Å². The summed E-state index contributed by atoms with van der Waals surface area (Å²) in [5.74, 6) is 0. The Morgan fingerprint density at radius 1 is 0.806 bits per heavy atom. The Morgan fingerprint density at radius 3 is 1.94 bits per heavy atom. The van der Waals surface area contributed by atoms with Gasteiger partial charge in [0.25, 0.3) is 0 Å². The highest BCUT2D eigenvalue weighted by Gasteiger charge is 2.20. The Kier molecular flexibility index (Phi) is 5.88. The zero-order chi connectivity index (χ0) is 22.0. The number of para-hydroxylation sites is 2. The fourth-order valence-corrected chi connectivity index (χ4v) is 4.02. The van der Waals surface area contributed by atoms with Crippen molar-refractivity contribution in [2.75, 3.05) is 4.90 Å². The number of hydrogen-bond donors (Lipinski definition) is 0. The minimum absolute atomic E-state index is 0.118. The second-order valence-electron chi connectivity index (χ2n) is 8.82. The van der Waals surface area contributed by atoms with Gasteiger partial charge in [-0.25, -0.2) is 4.68 Å². The van der Waals surface area contributed by atoms with Crippen molar-refractivity contribution in [1.29, 1.82) is 0 Å². The molecule has 0 saturated carbocycles. The third-order valence-electron chi connectivity index (χ3n) is 5.55. The first-order chi connectivity index (χ1) is 14.8. The van der Waals surface area contributed by atoms with Crippen LogP contribution in [0.1, 0.15) is 37.6 Å². The van der Waals surface area contributed by atoms with Gasteiger partial charge in [-0.15, -0.1) is 0 Å². The number of halogens is 1. The lowest BCUT2D eigenvalue weighted by molar-refractivity contribution is 0.590. The van der Waals surface area contributed by atoms with Crippen LogP contribution in [0.2, 0.25) is 5.15 Å². The molecule has 0 aliphatic carbocycles. The maximum atomic E-state index is 6.84. The van der Waals surface area contributed by atoms with Gasteiger partial charge in [0.15, 0.2) is 0 Å². The largest absolute Gasteiger partial charge is 0.337 e. The molecule has 0 N–H and O–H groups in total. The lowest BCUT2D eigenvalue weighted by Gasteiger charge is -2.27. The third-order valence-corrected chi connectivity index (χ3v) is 5.94. The van der Waals surface area contributed by atoms with Gasteiger partial charge in [0.05, 0.1) is 17.9 Å². The summed E-state index contributed by atoms with van der Waals surface area (Å²) in [4.78, 5) is 2.29. The van der Waals surface area contributed by atoms with Crippen LogP contribution in [0.3, 0.4) is 0 Å². The molecule has 0 amide bonds. The molecule has 0 unspecified atom stereocenters. The molecule has 0 fully saturated rings. The zero-order valence-electron chi connectivity index (χ0n) is 18.5. The van der Waals surface area contributed by atoms with Crippen LogP contribution < -0.4 is 4.90 Å². The van der Waals surface area contributed by atoms with Crippen molar-refractivity contribution < 1.29 is 0 Å². The molecule has 0 aliphatic heterocycles. The van der Waals surface area contributed by atoms with Gasteiger partial charge >= 0.3 is 0 Å². The standard InChI is InChI=1S/C27H28ClN3/c1-20-25(26(28)31(29-20)24-13-9-6-10-14-24)19-30(22-11-7-5-8-12-22)23-17-15-21(16-18-23)27(2,3)4/h5-18H,19H2,1-4H3. The topological polar surface area (TPSA) is 21.1 Å². The first kappa shape index (κ1) is 21.2. The van der Waals surface area contributed by atoms with E-state index in [1.807, 2.05) is 48.0 Å². The Balaban J connectivity index is 1.74. The SMILES string of the molecule is Cc1nn(-c2ccccc2)c(Cl)c1CN(c1ccccc1)c1ccc(C(C)(C)C)cc1. The molecular weight excluding hydrogens is 402 g/mol. The molecule has 31 heavy (non-hydrogen) atoms. The minimum Gasteiger partial charge on any atom is -0.337 e. The van der Waals surface area contributed by atoms with Crippen LogP contribution in [0.4, 0.5) is 11.4 Å². The van der Waals surface area contributed by atoms with E-state index in [1.165, 1.54) is 5.56 Å². The summed E-state index contributed by atoms with van der Waals surface area (Å²) in [7, 11) is 0. The number of benzene rings is 3. The van der Waals surface area contributed by atoms with E-state index in [0.717, 1.165) is 28.3 Å². The molecule has 4 aromatic rings. The molecule has 0 atom stereocenters. The molecule has 0 saturated heterocycles. The average molecular weight is 430 g/mol. The second kappa shape index (κ2) is 8.60. The molecule has 0 aliphatic rings. The maximum absolute atomic E-state index is 6.84. The van der Waals surface area contributed by atoms with Gasteiger partial charge in [-0.3, -0.25) is 0 Å². The van der Waals surface area contributed by atoms with E-state index in [4.69, 9.17) is 16.7 Å². The van der Waals surface area contributed by atoms with Crippen molar-refractivity contribution in [2.24, 2.45) is 0 Å². The molecule has 1 aromatic heterocycles. The molecule has 4 rings (SSSR count). The molecule has 0 spiro atoms. The Labute approximate surface area is 189 Å². The summed E-state index contributed by atoms with van der Waals surface area (Å²) in [6.07, 6.45) is 0. The molecule has 158 valence electrons. The molecule has 3 aromatic carbocycles. The second-order valence-corrected chi connectivity index (χ2v) is 9.18. The maximum Gasteiger partial charge on any atom is 0.138 e. The van der Waals surface area contributed by atoms with Crippen molar-refractivity contribution in [3.05, 3.63) is 107 Å². The molecular formula is C27H28ClN3. The lowest BCUT2D eigenvalue weighted by Crippen LogP contribution is -2.18. The number of aryl methyl sites for hydroxylation is 1. The van der Waals surface area contributed by atoms with Crippen LogP contribution in [0.5, 0.6) is 0 Å². The number of rotatable bonds is 5. The number of nitrogens with zero attached hydrogens (tertiary/aromatic N) is 3. The lowest BCUT2D eigenvalue weighted by atomic mass is 9.87. The Hall–Kier alpha value is -3.04.